The number of aryl methyl sites for hydroxylation is 1. The summed E-state index contributed by atoms with van der Waals surface area (Å²) in [6.45, 7) is 3.86. The van der Waals surface area contributed by atoms with E-state index >= 15 is 0 Å². The van der Waals surface area contributed by atoms with Gasteiger partial charge in [0, 0.05) is 6.20 Å². The van der Waals surface area contributed by atoms with E-state index < -0.39 is 5.54 Å². The second-order valence-electron chi connectivity index (χ2n) is 4.46. The maximum Gasteiger partial charge on any atom is 0.141 e. The first-order valence-corrected chi connectivity index (χ1v) is 5.47. The highest BCUT2D eigenvalue weighted by molar-refractivity contribution is 5.37. The SMILES string of the molecule is Cc1cccc(C(C)(N)c2cncc(F)c2)c1. The fourth-order valence-corrected chi connectivity index (χ4v) is 1.83. The first-order valence-electron chi connectivity index (χ1n) is 5.47. The van der Waals surface area contributed by atoms with Crippen LogP contribution in [0.4, 0.5) is 4.39 Å². The molecule has 2 N–H and O–H groups in total. The first-order chi connectivity index (χ1) is 8.00. The summed E-state index contributed by atoms with van der Waals surface area (Å²) in [7, 11) is 0. The van der Waals surface area contributed by atoms with Gasteiger partial charge >= 0.3 is 0 Å². The van der Waals surface area contributed by atoms with Crippen LogP contribution in [-0.4, -0.2) is 4.98 Å². The van der Waals surface area contributed by atoms with Crippen LogP contribution in [0.5, 0.6) is 0 Å². The van der Waals surface area contributed by atoms with Crippen LogP contribution in [-0.2, 0) is 5.54 Å². The van der Waals surface area contributed by atoms with Crippen molar-refractivity contribution in [3.05, 3.63) is 65.2 Å². The molecule has 0 spiro atoms. The van der Waals surface area contributed by atoms with E-state index in [2.05, 4.69) is 4.98 Å². The molecular formula is C14H15FN2. The van der Waals surface area contributed by atoms with Crippen LogP contribution in [0.2, 0.25) is 0 Å². The Hall–Kier alpha value is -1.74. The van der Waals surface area contributed by atoms with Crippen molar-refractivity contribution in [1.29, 1.82) is 0 Å². The van der Waals surface area contributed by atoms with Crippen molar-refractivity contribution in [2.24, 2.45) is 5.73 Å². The maximum atomic E-state index is 13.2. The van der Waals surface area contributed by atoms with Crippen molar-refractivity contribution in [2.45, 2.75) is 19.4 Å². The molecule has 2 nitrogen and oxygen atoms in total. The third-order valence-electron chi connectivity index (χ3n) is 2.92. The maximum absolute atomic E-state index is 13.2. The summed E-state index contributed by atoms with van der Waals surface area (Å²) in [5.41, 5.74) is 8.30. The first kappa shape index (κ1) is 11.7. The fourth-order valence-electron chi connectivity index (χ4n) is 1.83. The molecule has 3 heteroatoms. The third-order valence-corrected chi connectivity index (χ3v) is 2.92. The molecule has 0 amide bonds. The predicted molar refractivity (Wildman–Crippen MR) is 66.0 cm³/mol. The van der Waals surface area contributed by atoms with Gasteiger partial charge in [0.1, 0.15) is 5.82 Å². The van der Waals surface area contributed by atoms with E-state index in [0.29, 0.717) is 5.56 Å². The van der Waals surface area contributed by atoms with Crippen molar-refractivity contribution < 1.29 is 4.39 Å². The molecule has 0 fully saturated rings. The van der Waals surface area contributed by atoms with Gasteiger partial charge in [-0.05, 0) is 31.0 Å². The molecule has 0 bridgehead atoms. The Bertz CT molecular complexity index is 488. The summed E-state index contributed by atoms with van der Waals surface area (Å²) in [4.78, 5) is 3.84. The highest BCUT2D eigenvalue weighted by atomic mass is 19.1. The van der Waals surface area contributed by atoms with E-state index in [0.717, 1.165) is 11.1 Å². The van der Waals surface area contributed by atoms with E-state index in [1.165, 1.54) is 12.3 Å². The molecule has 1 aromatic heterocycles. The van der Waals surface area contributed by atoms with Crippen LogP contribution < -0.4 is 5.73 Å². The zero-order valence-electron chi connectivity index (χ0n) is 9.94. The smallest absolute Gasteiger partial charge is 0.141 e. The molecule has 1 aromatic carbocycles. The van der Waals surface area contributed by atoms with Gasteiger partial charge in [0.15, 0.2) is 0 Å². The Labute approximate surface area is 100 Å². The molecule has 2 aromatic rings. The lowest BCUT2D eigenvalue weighted by molar-refractivity contribution is 0.574. The number of rotatable bonds is 2. The predicted octanol–water partition coefficient (Wildman–Crippen LogP) is 2.75. The van der Waals surface area contributed by atoms with Gasteiger partial charge in [0.2, 0.25) is 0 Å². The van der Waals surface area contributed by atoms with Crippen LogP contribution >= 0.6 is 0 Å². The molecule has 2 rings (SSSR count). The van der Waals surface area contributed by atoms with Crippen LogP contribution in [0.15, 0.2) is 42.7 Å². The number of nitrogens with two attached hydrogens (primary N) is 1. The Morgan fingerprint density at radius 2 is 1.94 bits per heavy atom. The summed E-state index contributed by atoms with van der Waals surface area (Å²) >= 11 is 0. The van der Waals surface area contributed by atoms with Crippen molar-refractivity contribution >= 4 is 0 Å². The number of nitrogens with zero attached hydrogens (tertiary/aromatic N) is 1. The van der Waals surface area contributed by atoms with Gasteiger partial charge in [0.05, 0.1) is 11.7 Å². The molecule has 17 heavy (non-hydrogen) atoms. The van der Waals surface area contributed by atoms with E-state index in [1.54, 1.807) is 6.20 Å². The number of benzene rings is 1. The lowest BCUT2D eigenvalue weighted by Gasteiger charge is -2.25. The average molecular weight is 230 g/mol. The quantitative estimate of drug-likeness (QED) is 0.861. The zero-order chi connectivity index (χ0) is 12.5. The molecular weight excluding hydrogens is 215 g/mol. The van der Waals surface area contributed by atoms with Crippen molar-refractivity contribution in [3.63, 3.8) is 0 Å². The Morgan fingerprint density at radius 3 is 2.59 bits per heavy atom. The van der Waals surface area contributed by atoms with Gasteiger partial charge < -0.3 is 5.73 Å². The van der Waals surface area contributed by atoms with Crippen LogP contribution in [0.25, 0.3) is 0 Å². The summed E-state index contributed by atoms with van der Waals surface area (Å²) in [6, 6.07) is 9.32. The van der Waals surface area contributed by atoms with Crippen LogP contribution in [0.3, 0.4) is 0 Å². The van der Waals surface area contributed by atoms with Gasteiger partial charge in [0.25, 0.3) is 0 Å². The number of hydrogen-bond donors (Lipinski definition) is 1. The highest BCUT2D eigenvalue weighted by Gasteiger charge is 2.24. The standard InChI is InChI=1S/C14H15FN2/c1-10-4-3-5-11(6-10)14(2,16)12-7-13(15)9-17-8-12/h3-9H,16H2,1-2H3. The summed E-state index contributed by atoms with van der Waals surface area (Å²) in [5, 5.41) is 0. The number of pyridine rings is 1. The Morgan fingerprint density at radius 1 is 1.18 bits per heavy atom. The van der Waals surface area contributed by atoms with Gasteiger partial charge in [-0.3, -0.25) is 4.98 Å². The molecule has 0 aliphatic carbocycles. The average Bonchev–Trinajstić information content (AvgIpc) is 2.29. The Balaban J connectivity index is 2.49. The molecule has 0 radical (unpaired) electrons. The second-order valence-corrected chi connectivity index (χ2v) is 4.46. The lowest BCUT2D eigenvalue weighted by Crippen LogP contribution is -2.34. The van der Waals surface area contributed by atoms with E-state index in [9.17, 15) is 4.39 Å². The van der Waals surface area contributed by atoms with Gasteiger partial charge in [-0.2, -0.15) is 0 Å². The fraction of sp³-hybridized carbons (Fsp3) is 0.214. The second kappa shape index (κ2) is 4.26. The lowest BCUT2D eigenvalue weighted by atomic mass is 9.86. The normalized spacial score (nSPS) is 14.4. The number of hydrogen-bond acceptors (Lipinski definition) is 2. The van der Waals surface area contributed by atoms with E-state index in [-0.39, 0.29) is 5.82 Å². The Kier molecular flexibility index (Phi) is 2.94. The topological polar surface area (TPSA) is 38.9 Å². The third kappa shape index (κ3) is 2.34. The molecule has 1 unspecified atom stereocenters. The zero-order valence-corrected chi connectivity index (χ0v) is 9.94. The van der Waals surface area contributed by atoms with Crippen molar-refractivity contribution in [1.82, 2.24) is 4.98 Å². The van der Waals surface area contributed by atoms with Crippen LogP contribution in [0.1, 0.15) is 23.6 Å². The van der Waals surface area contributed by atoms with Crippen molar-refractivity contribution in [2.75, 3.05) is 0 Å². The molecule has 88 valence electrons. The summed E-state index contributed by atoms with van der Waals surface area (Å²) in [5.74, 6) is -0.369. The molecule has 1 heterocycles. The van der Waals surface area contributed by atoms with Gasteiger partial charge in [-0.1, -0.05) is 29.8 Å². The molecule has 0 saturated heterocycles. The van der Waals surface area contributed by atoms with Crippen LogP contribution in [0, 0.1) is 12.7 Å². The number of aromatic nitrogens is 1. The van der Waals surface area contributed by atoms with Crippen molar-refractivity contribution in [3.8, 4) is 0 Å². The minimum Gasteiger partial charge on any atom is -0.318 e. The van der Waals surface area contributed by atoms with E-state index in [4.69, 9.17) is 5.73 Å². The summed E-state index contributed by atoms with van der Waals surface area (Å²) in [6.07, 6.45) is 2.78. The largest absolute Gasteiger partial charge is 0.318 e. The minimum absolute atomic E-state index is 0.369. The van der Waals surface area contributed by atoms with Gasteiger partial charge in [-0.25, -0.2) is 4.39 Å². The minimum atomic E-state index is -0.735. The molecule has 0 aliphatic heterocycles. The monoisotopic (exact) mass is 230 g/mol. The molecule has 0 saturated carbocycles. The molecule has 1 atom stereocenters. The molecule has 0 aliphatic rings. The highest BCUT2D eigenvalue weighted by Crippen LogP contribution is 2.26. The number of halogens is 1. The van der Waals surface area contributed by atoms with E-state index in [1.807, 2.05) is 38.1 Å². The summed E-state index contributed by atoms with van der Waals surface area (Å²) < 4.78 is 13.2. The van der Waals surface area contributed by atoms with Gasteiger partial charge in [-0.15, -0.1) is 0 Å².